The zero-order valence-corrected chi connectivity index (χ0v) is 17.0. The van der Waals surface area contributed by atoms with E-state index >= 15 is 0 Å². The van der Waals surface area contributed by atoms with E-state index in [0.717, 1.165) is 27.8 Å². The second-order valence-corrected chi connectivity index (χ2v) is 7.42. The van der Waals surface area contributed by atoms with E-state index in [0.29, 0.717) is 24.1 Å². The number of nitrogens with zero attached hydrogens (tertiary/aromatic N) is 3. The van der Waals surface area contributed by atoms with Gasteiger partial charge in [-0.1, -0.05) is 48.5 Å². The van der Waals surface area contributed by atoms with Gasteiger partial charge in [0, 0.05) is 17.5 Å². The Hall–Kier alpha value is -3.93. The van der Waals surface area contributed by atoms with Crippen LogP contribution in [0.25, 0.3) is 21.9 Å². The van der Waals surface area contributed by atoms with Crippen molar-refractivity contribution in [3.63, 3.8) is 0 Å². The van der Waals surface area contributed by atoms with Crippen LogP contribution in [0.2, 0.25) is 0 Å². The SMILES string of the molecule is COc1ccccc1Cn1cnc2c3ccccc3n(Cc3ccc(F)cc3)c2c1=O. The minimum Gasteiger partial charge on any atom is -0.496 e. The Balaban J connectivity index is 1.69. The molecule has 0 aliphatic heterocycles. The van der Waals surface area contributed by atoms with Crippen molar-refractivity contribution in [2.75, 3.05) is 7.11 Å². The molecule has 0 N–H and O–H groups in total. The lowest BCUT2D eigenvalue weighted by Gasteiger charge is -2.11. The first-order valence-corrected chi connectivity index (χ1v) is 9.98. The van der Waals surface area contributed by atoms with Crippen molar-refractivity contribution in [3.8, 4) is 5.75 Å². The second kappa shape index (κ2) is 7.72. The molecule has 0 fully saturated rings. The fraction of sp³-hybridized carbons (Fsp3) is 0.120. The summed E-state index contributed by atoms with van der Waals surface area (Å²) in [6.45, 7) is 0.795. The lowest BCUT2D eigenvalue weighted by molar-refractivity contribution is 0.408. The summed E-state index contributed by atoms with van der Waals surface area (Å²) >= 11 is 0. The third-order valence-corrected chi connectivity index (χ3v) is 5.52. The van der Waals surface area contributed by atoms with Crippen LogP contribution < -0.4 is 10.3 Å². The highest BCUT2D eigenvalue weighted by Crippen LogP contribution is 2.26. The van der Waals surface area contributed by atoms with Gasteiger partial charge in [-0.05, 0) is 29.8 Å². The van der Waals surface area contributed by atoms with E-state index in [9.17, 15) is 9.18 Å². The first kappa shape index (κ1) is 19.1. The van der Waals surface area contributed by atoms with Gasteiger partial charge in [-0.2, -0.15) is 0 Å². The van der Waals surface area contributed by atoms with E-state index in [4.69, 9.17) is 4.74 Å². The Bertz CT molecular complexity index is 1450. The average Bonchev–Trinajstić information content (AvgIpc) is 3.12. The summed E-state index contributed by atoms with van der Waals surface area (Å²) in [7, 11) is 1.61. The monoisotopic (exact) mass is 413 g/mol. The number of hydrogen-bond acceptors (Lipinski definition) is 3. The number of fused-ring (bicyclic) bond motifs is 3. The summed E-state index contributed by atoms with van der Waals surface area (Å²) < 4.78 is 22.4. The quantitative estimate of drug-likeness (QED) is 0.423. The maximum absolute atomic E-state index is 13.6. The lowest BCUT2D eigenvalue weighted by Crippen LogP contribution is -2.23. The van der Waals surface area contributed by atoms with Crippen LogP contribution in [0, 0.1) is 5.82 Å². The van der Waals surface area contributed by atoms with E-state index in [2.05, 4.69) is 4.98 Å². The van der Waals surface area contributed by atoms with Gasteiger partial charge in [-0.3, -0.25) is 9.36 Å². The molecule has 6 heteroatoms. The van der Waals surface area contributed by atoms with Crippen molar-refractivity contribution >= 4 is 21.9 Å². The number of halogens is 1. The summed E-state index contributed by atoms with van der Waals surface area (Å²) in [5, 5.41) is 0.918. The van der Waals surface area contributed by atoms with Crippen LogP contribution in [-0.2, 0) is 13.1 Å². The van der Waals surface area contributed by atoms with Gasteiger partial charge in [0.25, 0.3) is 5.56 Å². The van der Waals surface area contributed by atoms with Crippen LogP contribution in [0.4, 0.5) is 4.39 Å². The summed E-state index contributed by atoms with van der Waals surface area (Å²) in [6.07, 6.45) is 1.59. The molecule has 154 valence electrons. The van der Waals surface area contributed by atoms with Gasteiger partial charge < -0.3 is 9.30 Å². The van der Waals surface area contributed by atoms with Gasteiger partial charge in [0.1, 0.15) is 22.6 Å². The van der Waals surface area contributed by atoms with E-state index < -0.39 is 0 Å². The molecule has 5 aromatic rings. The number of rotatable bonds is 5. The number of para-hydroxylation sites is 2. The molecule has 5 rings (SSSR count). The topological polar surface area (TPSA) is 49.0 Å². The highest BCUT2D eigenvalue weighted by Gasteiger charge is 2.17. The average molecular weight is 413 g/mol. The Kier molecular flexibility index (Phi) is 4.75. The maximum atomic E-state index is 13.6. The molecule has 0 bridgehead atoms. The fourth-order valence-corrected chi connectivity index (χ4v) is 4.01. The van der Waals surface area contributed by atoms with Crippen LogP contribution >= 0.6 is 0 Å². The number of ether oxygens (including phenoxy) is 1. The van der Waals surface area contributed by atoms with Crippen LogP contribution in [-0.4, -0.2) is 21.2 Å². The highest BCUT2D eigenvalue weighted by atomic mass is 19.1. The molecule has 0 saturated carbocycles. The Morgan fingerprint density at radius 1 is 0.935 bits per heavy atom. The molecule has 0 saturated heterocycles. The molecule has 2 heterocycles. The van der Waals surface area contributed by atoms with E-state index in [-0.39, 0.29) is 11.4 Å². The summed E-state index contributed by atoms with van der Waals surface area (Å²) in [6, 6.07) is 21.8. The van der Waals surface area contributed by atoms with E-state index in [1.807, 2.05) is 53.1 Å². The number of methoxy groups -OCH3 is 1. The molecule has 31 heavy (non-hydrogen) atoms. The summed E-state index contributed by atoms with van der Waals surface area (Å²) in [5.41, 5.74) is 3.79. The number of hydrogen-bond donors (Lipinski definition) is 0. The Morgan fingerprint density at radius 2 is 1.68 bits per heavy atom. The van der Waals surface area contributed by atoms with Gasteiger partial charge in [0.05, 0.1) is 25.5 Å². The predicted molar refractivity (Wildman–Crippen MR) is 119 cm³/mol. The molecule has 0 unspecified atom stereocenters. The van der Waals surface area contributed by atoms with Crippen molar-refractivity contribution in [1.29, 1.82) is 0 Å². The largest absolute Gasteiger partial charge is 0.496 e. The normalized spacial score (nSPS) is 11.3. The lowest BCUT2D eigenvalue weighted by atomic mass is 10.2. The molecule has 0 amide bonds. The first-order valence-electron chi connectivity index (χ1n) is 9.98. The zero-order valence-electron chi connectivity index (χ0n) is 17.0. The molecule has 0 atom stereocenters. The van der Waals surface area contributed by atoms with Gasteiger partial charge in [0.2, 0.25) is 0 Å². The fourth-order valence-electron chi connectivity index (χ4n) is 4.01. The molecule has 0 aliphatic carbocycles. The van der Waals surface area contributed by atoms with E-state index in [1.54, 1.807) is 30.1 Å². The van der Waals surface area contributed by atoms with Crippen LogP contribution in [0.3, 0.4) is 0 Å². The minimum absolute atomic E-state index is 0.130. The molecule has 0 spiro atoms. The number of benzene rings is 3. The van der Waals surface area contributed by atoms with Crippen molar-refractivity contribution in [3.05, 3.63) is 106 Å². The summed E-state index contributed by atoms with van der Waals surface area (Å²) in [4.78, 5) is 18.2. The Labute approximate surface area is 178 Å². The van der Waals surface area contributed by atoms with Crippen molar-refractivity contribution < 1.29 is 9.13 Å². The predicted octanol–water partition coefficient (Wildman–Crippen LogP) is 4.60. The molecule has 3 aromatic carbocycles. The minimum atomic E-state index is -0.285. The van der Waals surface area contributed by atoms with Crippen molar-refractivity contribution in [2.45, 2.75) is 13.1 Å². The van der Waals surface area contributed by atoms with Gasteiger partial charge in [-0.15, -0.1) is 0 Å². The van der Waals surface area contributed by atoms with Crippen LogP contribution in [0.5, 0.6) is 5.75 Å². The molecular weight excluding hydrogens is 393 g/mol. The van der Waals surface area contributed by atoms with Gasteiger partial charge >= 0.3 is 0 Å². The molecule has 0 radical (unpaired) electrons. The van der Waals surface area contributed by atoms with E-state index in [1.165, 1.54) is 12.1 Å². The molecule has 5 nitrogen and oxygen atoms in total. The zero-order chi connectivity index (χ0) is 21.4. The highest BCUT2D eigenvalue weighted by molar-refractivity contribution is 6.05. The van der Waals surface area contributed by atoms with Crippen LogP contribution in [0.1, 0.15) is 11.1 Å². The van der Waals surface area contributed by atoms with Gasteiger partial charge in [0.15, 0.2) is 0 Å². The smallest absolute Gasteiger partial charge is 0.278 e. The Morgan fingerprint density at radius 3 is 2.48 bits per heavy atom. The maximum Gasteiger partial charge on any atom is 0.278 e. The molecule has 2 aromatic heterocycles. The van der Waals surface area contributed by atoms with Gasteiger partial charge in [-0.25, -0.2) is 9.37 Å². The van der Waals surface area contributed by atoms with Crippen molar-refractivity contribution in [1.82, 2.24) is 14.1 Å². The van der Waals surface area contributed by atoms with Crippen LogP contribution in [0.15, 0.2) is 83.9 Å². The van der Waals surface area contributed by atoms with Crippen molar-refractivity contribution in [2.24, 2.45) is 0 Å². The molecular formula is C25H20FN3O2. The standard InChI is InChI=1S/C25H20FN3O2/c1-31-22-9-5-2-6-18(22)15-28-16-27-23-20-7-3-4-8-21(20)29(24(23)25(28)30)14-17-10-12-19(26)13-11-17/h2-13,16H,14-15H2,1H3. The second-order valence-electron chi connectivity index (χ2n) is 7.42. The first-order chi connectivity index (χ1) is 15.2. The summed E-state index contributed by atoms with van der Waals surface area (Å²) in [5.74, 6) is 0.438. The molecule has 0 aliphatic rings. The third kappa shape index (κ3) is 3.36. The number of aromatic nitrogens is 3. The third-order valence-electron chi connectivity index (χ3n) is 5.52.